The lowest BCUT2D eigenvalue weighted by molar-refractivity contribution is -0.141. The fourth-order valence-electron chi connectivity index (χ4n) is 3.84. The third-order valence-corrected chi connectivity index (χ3v) is 6.34. The molecule has 2 amide bonds. The molecule has 0 spiro atoms. The van der Waals surface area contributed by atoms with Crippen LogP contribution in [0.5, 0.6) is 0 Å². The van der Waals surface area contributed by atoms with Gasteiger partial charge in [0.05, 0.1) is 33.7 Å². The topological polar surface area (TPSA) is 105 Å². The van der Waals surface area contributed by atoms with Gasteiger partial charge in [-0.15, -0.1) is 11.3 Å². The molecule has 5 rings (SSSR count). The Bertz CT molecular complexity index is 1430. The standard InChI is InChI=1S/C19H15F3N6O2S/c1-3-28-6-8(5-23-28)12-11-14(27-18(30)26-12)15-13(25-16(11)29)10-7(2)4-9(19(20,21)22)24-17(10)31-15/h4-6,12H,3H2,1-2H3,(H,25,29)(H2,26,27,30)/t12-/m0/s1. The number of aromatic amines is 1. The first-order valence-electron chi connectivity index (χ1n) is 9.34. The molecule has 0 aromatic carbocycles. The Morgan fingerprint density at radius 1 is 1.29 bits per heavy atom. The van der Waals surface area contributed by atoms with Crippen LogP contribution in [-0.2, 0) is 12.7 Å². The lowest BCUT2D eigenvalue weighted by Crippen LogP contribution is -2.41. The van der Waals surface area contributed by atoms with Gasteiger partial charge in [0.25, 0.3) is 5.56 Å². The van der Waals surface area contributed by atoms with E-state index >= 15 is 0 Å². The Kier molecular flexibility index (Phi) is 4.13. The first-order valence-corrected chi connectivity index (χ1v) is 10.2. The van der Waals surface area contributed by atoms with Crippen LogP contribution >= 0.6 is 11.3 Å². The number of alkyl halides is 3. The number of carbonyl (C=O) groups is 1. The van der Waals surface area contributed by atoms with Crippen LogP contribution in [0.25, 0.3) is 20.4 Å². The van der Waals surface area contributed by atoms with E-state index in [1.807, 2.05) is 6.92 Å². The van der Waals surface area contributed by atoms with Crippen molar-refractivity contribution in [2.24, 2.45) is 0 Å². The van der Waals surface area contributed by atoms with Crippen LogP contribution in [0.4, 0.5) is 23.7 Å². The molecule has 0 saturated carbocycles. The fourth-order valence-corrected chi connectivity index (χ4v) is 5.06. The maximum absolute atomic E-state index is 13.2. The number of fused-ring (bicyclic) bond motifs is 5. The molecule has 0 radical (unpaired) electrons. The maximum atomic E-state index is 13.2. The van der Waals surface area contributed by atoms with Gasteiger partial charge >= 0.3 is 12.2 Å². The summed E-state index contributed by atoms with van der Waals surface area (Å²) in [6.45, 7) is 4.05. The second-order valence-electron chi connectivity index (χ2n) is 7.21. The van der Waals surface area contributed by atoms with Gasteiger partial charge in [0, 0.05) is 23.7 Å². The van der Waals surface area contributed by atoms with Crippen molar-refractivity contribution in [2.45, 2.75) is 32.6 Å². The van der Waals surface area contributed by atoms with Crippen LogP contribution in [-0.4, -0.2) is 25.8 Å². The molecule has 0 saturated heterocycles. The first kappa shape index (κ1) is 19.5. The summed E-state index contributed by atoms with van der Waals surface area (Å²) in [5, 5.41) is 10.0. The quantitative estimate of drug-likeness (QED) is 0.433. The Morgan fingerprint density at radius 2 is 2.06 bits per heavy atom. The van der Waals surface area contributed by atoms with Gasteiger partial charge in [0.2, 0.25) is 0 Å². The zero-order valence-electron chi connectivity index (χ0n) is 16.2. The van der Waals surface area contributed by atoms with E-state index in [0.29, 0.717) is 33.3 Å². The van der Waals surface area contributed by atoms with Crippen LogP contribution in [0, 0.1) is 6.92 Å². The first-order chi connectivity index (χ1) is 14.7. The number of rotatable bonds is 2. The number of nitrogens with one attached hydrogen (secondary N) is 3. The number of halogens is 3. The van der Waals surface area contributed by atoms with Crippen LogP contribution in [0.3, 0.4) is 0 Å². The molecule has 3 N–H and O–H groups in total. The fraction of sp³-hybridized carbons (Fsp3) is 0.263. The van der Waals surface area contributed by atoms with E-state index in [1.54, 1.807) is 17.1 Å². The van der Waals surface area contributed by atoms with E-state index in [2.05, 4.69) is 25.7 Å². The Labute approximate surface area is 176 Å². The van der Waals surface area contributed by atoms with Gasteiger partial charge in [-0.25, -0.2) is 9.78 Å². The molecule has 0 aliphatic carbocycles. The van der Waals surface area contributed by atoms with Gasteiger partial charge in [0.1, 0.15) is 10.5 Å². The molecule has 0 fully saturated rings. The van der Waals surface area contributed by atoms with E-state index in [0.717, 1.165) is 17.4 Å². The second-order valence-corrected chi connectivity index (χ2v) is 8.21. The van der Waals surface area contributed by atoms with Crippen molar-refractivity contribution in [2.75, 3.05) is 5.32 Å². The number of anilines is 1. The average molecular weight is 448 g/mol. The molecule has 5 heterocycles. The van der Waals surface area contributed by atoms with Gasteiger partial charge in [-0.3, -0.25) is 9.48 Å². The molecular weight excluding hydrogens is 433 g/mol. The van der Waals surface area contributed by atoms with Crippen LogP contribution in [0.15, 0.2) is 23.3 Å². The van der Waals surface area contributed by atoms with Gasteiger partial charge in [-0.2, -0.15) is 18.3 Å². The third-order valence-electron chi connectivity index (χ3n) is 5.24. The summed E-state index contributed by atoms with van der Waals surface area (Å²) in [6, 6.07) is -0.317. The molecular formula is C19H15F3N6O2S. The Hall–Kier alpha value is -3.41. The van der Waals surface area contributed by atoms with Gasteiger partial charge in [0.15, 0.2) is 0 Å². The predicted molar refractivity (Wildman–Crippen MR) is 109 cm³/mol. The van der Waals surface area contributed by atoms with Crippen molar-refractivity contribution in [1.29, 1.82) is 0 Å². The van der Waals surface area contributed by atoms with E-state index in [-0.39, 0.29) is 16.1 Å². The Balaban J connectivity index is 1.80. The van der Waals surface area contributed by atoms with Crippen molar-refractivity contribution in [3.63, 3.8) is 0 Å². The summed E-state index contributed by atoms with van der Waals surface area (Å²) in [7, 11) is 0. The summed E-state index contributed by atoms with van der Waals surface area (Å²) in [6.07, 6.45) is -1.29. The minimum absolute atomic E-state index is 0.134. The molecule has 4 aromatic heterocycles. The van der Waals surface area contributed by atoms with E-state index in [4.69, 9.17) is 0 Å². The average Bonchev–Trinajstić information content (AvgIpc) is 3.31. The zero-order chi connectivity index (χ0) is 22.1. The summed E-state index contributed by atoms with van der Waals surface area (Å²) in [4.78, 5) is 32.1. The molecule has 8 nitrogen and oxygen atoms in total. The highest BCUT2D eigenvalue weighted by molar-refractivity contribution is 7.26. The predicted octanol–water partition coefficient (Wildman–Crippen LogP) is 3.91. The van der Waals surface area contributed by atoms with E-state index in [1.165, 1.54) is 6.92 Å². The van der Waals surface area contributed by atoms with Crippen LogP contribution in [0.1, 0.15) is 35.3 Å². The molecule has 1 aliphatic heterocycles. The minimum Gasteiger partial charge on any atom is -0.327 e. The van der Waals surface area contributed by atoms with Gasteiger partial charge < -0.3 is 15.6 Å². The smallest absolute Gasteiger partial charge is 0.327 e. The number of nitrogens with zero attached hydrogens (tertiary/aromatic N) is 3. The minimum atomic E-state index is -4.59. The lowest BCUT2D eigenvalue weighted by Gasteiger charge is -2.26. The monoisotopic (exact) mass is 448 g/mol. The highest BCUT2D eigenvalue weighted by atomic mass is 32.1. The molecule has 0 bridgehead atoms. The molecule has 0 unspecified atom stereocenters. The summed E-state index contributed by atoms with van der Waals surface area (Å²) in [5.74, 6) is 0. The number of urea groups is 1. The van der Waals surface area contributed by atoms with Crippen molar-refractivity contribution in [3.05, 3.63) is 51.2 Å². The molecule has 1 aliphatic rings. The van der Waals surface area contributed by atoms with Crippen molar-refractivity contribution < 1.29 is 18.0 Å². The highest BCUT2D eigenvalue weighted by Gasteiger charge is 2.35. The number of hydrogen-bond donors (Lipinski definition) is 3. The molecule has 31 heavy (non-hydrogen) atoms. The second kappa shape index (κ2) is 6.54. The SMILES string of the molecule is CCn1cc([C@@H]2NC(=O)Nc3c2c(=O)[nH]c2c3sc3nc(C(F)(F)F)cc(C)c32)cn1. The van der Waals surface area contributed by atoms with Gasteiger partial charge in [-0.05, 0) is 25.5 Å². The molecule has 12 heteroatoms. The third kappa shape index (κ3) is 2.97. The summed E-state index contributed by atoms with van der Waals surface area (Å²) >= 11 is 0.994. The number of thiophene rings is 1. The maximum Gasteiger partial charge on any atom is 0.433 e. The largest absolute Gasteiger partial charge is 0.433 e. The highest BCUT2D eigenvalue weighted by Crippen LogP contribution is 2.42. The van der Waals surface area contributed by atoms with Crippen molar-refractivity contribution in [1.82, 2.24) is 25.1 Å². The molecule has 1 atom stereocenters. The van der Waals surface area contributed by atoms with Crippen molar-refractivity contribution in [3.8, 4) is 0 Å². The van der Waals surface area contributed by atoms with Crippen LogP contribution in [0.2, 0.25) is 0 Å². The number of aryl methyl sites for hydroxylation is 2. The van der Waals surface area contributed by atoms with Crippen LogP contribution < -0.4 is 16.2 Å². The molecule has 4 aromatic rings. The number of hydrogen-bond acceptors (Lipinski definition) is 5. The van der Waals surface area contributed by atoms with E-state index < -0.39 is 29.5 Å². The molecule has 160 valence electrons. The number of amides is 2. The van der Waals surface area contributed by atoms with Crippen molar-refractivity contribution >= 4 is 43.5 Å². The Morgan fingerprint density at radius 3 is 2.74 bits per heavy atom. The number of pyridine rings is 2. The number of aromatic nitrogens is 4. The lowest BCUT2D eigenvalue weighted by atomic mass is 9.99. The number of carbonyl (C=O) groups excluding carboxylic acids is 1. The normalized spacial score (nSPS) is 16.4. The zero-order valence-corrected chi connectivity index (χ0v) is 17.0. The van der Waals surface area contributed by atoms with E-state index in [9.17, 15) is 22.8 Å². The summed E-state index contributed by atoms with van der Waals surface area (Å²) in [5.41, 5.74) is 0.389. The summed E-state index contributed by atoms with van der Waals surface area (Å²) < 4.78 is 41.8. The van der Waals surface area contributed by atoms with Gasteiger partial charge in [-0.1, -0.05) is 0 Å². The number of H-pyrrole nitrogens is 1.